The Morgan fingerprint density at radius 1 is 1.28 bits per heavy atom. The van der Waals surface area contributed by atoms with Crippen molar-refractivity contribution in [3.05, 3.63) is 53.2 Å². The first-order chi connectivity index (χ1) is 12.0. The molecule has 0 unspecified atom stereocenters. The minimum Gasteiger partial charge on any atom is -0.325 e. The Hall–Kier alpha value is -2.38. The molecule has 25 heavy (non-hydrogen) atoms. The summed E-state index contributed by atoms with van der Waals surface area (Å²) < 4.78 is 1.82. The van der Waals surface area contributed by atoms with E-state index in [2.05, 4.69) is 20.5 Å². The zero-order chi connectivity index (χ0) is 17.8. The van der Waals surface area contributed by atoms with Crippen LogP contribution < -0.4 is 5.32 Å². The van der Waals surface area contributed by atoms with Gasteiger partial charge in [0.2, 0.25) is 5.91 Å². The van der Waals surface area contributed by atoms with Crippen LogP contribution in [0.1, 0.15) is 5.56 Å². The van der Waals surface area contributed by atoms with Gasteiger partial charge in [0.25, 0.3) is 0 Å². The van der Waals surface area contributed by atoms with Gasteiger partial charge in [-0.2, -0.15) is 0 Å². The number of carbonyl (C=O) groups excluding carboxylic acids is 1. The van der Waals surface area contributed by atoms with Crippen molar-refractivity contribution in [1.82, 2.24) is 19.7 Å². The molecule has 0 bridgehead atoms. The van der Waals surface area contributed by atoms with Crippen LogP contribution in [0.2, 0.25) is 5.02 Å². The minimum absolute atomic E-state index is 0.127. The highest BCUT2D eigenvalue weighted by Crippen LogP contribution is 2.23. The predicted octanol–water partition coefficient (Wildman–Crippen LogP) is 3.57. The van der Waals surface area contributed by atoms with Crippen LogP contribution in [-0.4, -0.2) is 31.4 Å². The van der Waals surface area contributed by atoms with Crippen molar-refractivity contribution in [3.63, 3.8) is 0 Å². The summed E-state index contributed by atoms with van der Waals surface area (Å²) in [6.07, 6.45) is 1.71. The van der Waals surface area contributed by atoms with E-state index >= 15 is 0 Å². The van der Waals surface area contributed by atoms with E-state index in [0.717, 1.165) is 11.3 Å². The Balaban J connectivity index is 1.65. The van der Waals surface area contributed by atoms with E-state index < -0.39 is 0 Å². The number of hydrogen-bond acceptors (Lipinski definition) is 5. The molecular weight excluding hydrogens is 358 g/mol. The molecule has 0 aliphatic carbocycles. The highest BCUT2D eigenvalue weighted by molar-refractivity contribution is 7.99. The lowest BCUT2D eigenvalue weighted by Crippen LogP contribution is -2.15. The number of aryl methyl sites for hydroxylation is 1. The zero-order valence-electron chi connectivity index (χ0n) is 13.7. The van der Waals surface area contributed by atoms with Gasteiger partial charge in [-0.3, -0.25) is 9.78 Å². The highest BCUT2D eigenvalue weighted by Gasteiger charge is 2.14. The summed E-state index contributed by atoms with van der Waals surface area (Å²) in [4.78, 5) is 16.5. The zero-order valence-corrected chi connectivity index (χ0v) is 15.3. The summed E-state index contributed by atoms with van der Waals surface area (Å²) in [7, 11) is 1.85. The van der Waals surface area contributed by atoms with E-state index in [0.29, 0.717) is 21.7 Å². The van der Waals surface area contributed by atoms with Crippen LogP contribution in [0.15, 0.2) is 47.8 Å². The fourth-order valence-corrected chi connectivity index (χ4v) is 3.09. The molecule has 0 atom stereocenters. The van der Waals surface area contributed by atoms with Crippen molar-refractivity contribution in [3.8, 4) is 11.5 Å². The minimum atomic E-state index is -0.127. The number of benzene rings is 1. The third-order valence-corrected chi connectivity index (χ3v) is 4.79. The molecule has 0 aliphatic rings. The van der Waals surface area contributed by atoms with Crippen molar-refractivity contribution >= 4 is 35.0 Å². The van der Waals surface area contributed by atoms with E-state index in [9.17, 15) is 4.79 Å². The quantitative estimate of drug-likeness (QED) is 0.692. The van der Waals surface area contributed by atoms with Crippen molar-refractivity contribution < 1.29 is 4.79 Å². The second-order valence-electron chi connectivity index (χ2n) is 5.38. The monoisotopic (exact) mass is 373 g/mol. The molecule has 2 heterocycles. The van der Waals surface area contributed by atoms with Gasteiger partial charge in [-0.25, -0.2) is 0 Å². The maximum atomic E-state index is 12.2. The van der Waals surface area contributed by atoms with Gasteiger partial charge in [0.15, 0.2) is 11.0 Å². The molecule has 0 saturated carbocycles. The summed E-state index contributed by atoms with van der Waals surface area (Å²) in [5, 5.41) is 12.4. The molecule has 1 aromatic carbocycles. The number of pyridine rings is 1. The summed E-state index contributed by atoms with van der Waals surface area (Å²) >= 11 is 7.29. The molecule has 2 aromatic heterocycles. The summed E-state index contributed by atoms with van der Waals surface area (Å²) in [5.41, 5.74) is 2.41. The Kier molecular flexibility index (Phi) is 5.35. The molecule has 0 aliphatic heterocycles. The van der Waals surface area contributed by atoms with Gasteiger partial charge >= 0.3 is 0 Å². The SMILES string of the molecule is Cc1ccc(Cl)cc1NC(=O)CSc1nnc(-c2ccccn2)n1C. The van der Waals surface area contributed by atoms with Gasteiger partial charge in [-0.15, -0.1) is 10.2 Å². The van der Waals surface area contributed by atoms with Crippen LogP contribution in [0.4, 0.5) is 5.69 Å². The number of carbonyl (C=O) groups is 1. The van der Waals surface area contributed by atoms with E-state index in [-0.39, 0.29) is 11.7 Å². The van der Waals surface area contributed by atoms with Crippen molar-refractivity contribution in [2.24, 2.45) is 7.05 Å². The standard InChI is InChI=1S/C17H16ClN5OS/c1-11-6-7-12(18)9-14(11)20-15(24)10-25-17-22-21-16(23(17)2)13-5-3-4-8-19-13/h3-9H,10H2,1-2H3,(H,20,24). The van der Waals surface area contributed by atoms with Crippen LogP contribution in [-0.2, 0) is 11.8 Å². The summed E-state index contributed by atoms with van der Waals surface area (Å²) in [5.74, 6) is 0.757. The number of hydrogen-bond donors (Lipinski definition) is 1. The molecule has 1 amide bonds. The number of amides is 1. The molecule has 3 aromatic rings. The highest BCUT2D eigenvalue weighted by atomic mass is 35.5. The molecule has 0 spiro atoms. The predicted molar refractivity (Wildman–Crippen MR) is 99.8 cm³/mol. The first-order valence-electron chi connectivity index (χ1n) is 7.54. The topological polar surface area (TPSA) is 72.7 Å². The maximum Gasteiger partial charge on any atom is 0.234 e. The fourth-order valence-electron chi connectivity index (χ4n) is 2.20. The largest absolute Gasteiger partial charge is 0.325 e. The van der Waals surface area contributed by atoms with E-state index in [1.54, 1.807) is 18.3 Å². The number of thioether (sulfide) groups is 1. The van der Waals surface area contributed by atoms with Crippen LogP contribution in [0.25, 0.3) is 11.5 Å². The lowest BCUT2D eigenvalue weighted by Gasteiger charge is -2.08. The number of nitrogens with zero attached hydrogens (tertiary/aromatic N) is 4. The summed E-state index contributed by atoms with van der Waals surface area (Å²) in [6.45, 7) is 1.92. The molecule has 8 heteroatoms. The molecule has 128 valence electrons. The fraction of sp³-hybridized carbons (Fsp3) is 0.176. The maximum absolute atomic E-state index is 12.2. The molecule has 3 rings (SSSR count). The molecule has 0 radical (unpaired) electrons. The lowest BCUT2D eigenvalue weighted by atomic mass is 10.2. The number of aromatic nitrogens is 4. The molecule has 0 saturated heterocycles. The molecule has 0 fully saturated rings. The van der Waals surface area contributed by atoms with Crippen LogP contribution >= 0.6 is 23.4 Å². The smallest absolute Gasteiger partial charge is 0.234 e. The van der Waals surface area contributed by atoms with E-state index in [1.807, 2.05) is 42.8 Å². The Bertz CT molecular complexity index is 897. The van der Waals surface area contributed by atoms with Crippen LogP contribution in [0.5, 0.6) is 0 Å². The summed E-state index contributed by atoms with van der Waals surface area (Å²) in [6, 6.07) is 11.0. The average molecular weight is 374 g/mol. The normalized spacial score (nSPS) is 10.7. The molecule has 1 N–H and O–H groups in total. The molecular formula is C17H16ClN5OS. The van der Waals surface area contributed by atoms with Crippen molar-refractivity contribution in [2.75, 3.05) is 11.1 Å². The van der Waals surface area contributed by atoms with Gasteiger partial charge in [0, 0.05) is 24.0 Å². The van der Waals surface area contributed by atoms with Crippen molar-refractivity contribution in [1.29, 1.82) is 0 Å². The third-order valence-electron chi connectivity index (χ3n) is 3.53. The Morgan fingerprint density at radius 3 is 2.88 bits per heavy atom. The number of nitrogens with one attached hydrogen (secondary N) is 1. The number of anilines is 1. The second-order valence-corrected chi connectivity index (χ2v) is 6.76. The van der Waals surface area contributed by atoms with Gasteiger partial charge in [0.1, 0.15) is 5.69 Å². The number of halogens is 1. The first-order valence-corrected chi connectivity index (χ1v) is 8.90. The van der Waals surface area contributed by atoms with Crippen LogP contribution in [0.3, 0.4) is 0 Å². The Labute approximate surface area is 154 Å². The average Bonchev–Trinajstić information content (AvgIpc) is 2.98. The van der Waals surface area contributed by atoms with Gasteiger partial charge in [0.05, 0.1) is 5.75 Å². The third kappa shape index (κ3) is 4.18. The Morgan fingerprint density at radius 2 is 2.12 bits per heavy atom. The second kappa shape index (κ2) is 7.67. The van der Waals surface area contributed by atoms with E-state index in [4.69, 9.17) is 11.6 Å². The first kappa shape index (κ1) is 17.4. The van der Waals surface area contributed by atoms with Crippen LogP contribution in [0, 0.1) is 6.92 Å². The van der Waals surface area contributed by atoms with Gasteiger partial charge in [-0.1, -0.05) is 35.5 Å². The number of rotatable bonds is 5. The van der Waals surface area contributed by atoms with Gasteiger partial charge < -0.3 is 9.88 Å². The van der Waals surface area contributed by atoms with Crippen molar-refractivity contribution in [2.45, 2.75) is 12.1 Å². The lowest BCUT2D eigenvalue weighted by molar-refractivity contribution is -0.113. The van der Waals surface area contributed by atoms with E-state index in [1.165, 1.54) is 11.8 Å². The van der Waals surface area contributed by atoms with Gasteiger partial charge in [-0.05, 0) is 36.8 Å². The molecule has 6 nitrogen and oxygen atoms in total.